The van der Waals surface area contributed by atoms with Crippen LogP contribution in [0.2, 0.25) is 0 Å². The van der Waals surface area contributed by atoms with E-state index in [-0.39, 0.29) is 0 Å². The van der Waals surface area contributed by atoms with Gasteiger partial charge >= 0.3 is 0 Å². The van der Waals surface area contributed by atoms with Crippen molar-refractivity contribution in [2.24, 2.45) is 0 Å². The van der Waals surface area contributed by atoms with E-state index in [1.54, 1.807) is 7.11 Å². The highest BCUT2D eigenvalue weighted by molar-refractivity contribution is 8.00. The fourth-order valence-corrected chi connectivity index (χ4v) is 3.94. The summed E-state index contributed by atoms with van der Waals surface area (Å²) in [7, 11) is 3.81. The molecular weight excluding hydrogens is 242 g/mol. The van der Waals surface area contributed by atoms with Crippen LogP contribution in [0, 0.1) is 0 Å². The normalized spacial score (nSPS) is 24.6. The van der Waals surface area contributed by atoms with Crippen LogP contribution < -0.4 is 10.1 Å². The lowest BCUT2D eigenvalue weighted by atomic mass is 10.1. The maximum atomic E-state index is 5.20. The van der Waals surface area contributed by atoms with Crippen LogP contribution >= 0.6 is 11.8 Å². The van der Waals surface area contributed by atoms with Gasteiger partial charge in [0.25, 0.3) is 0 Å². The Labute approximate surface area is 114 Å². The Balaban J connectivity index is 2.00. The van der Waals surface area contributed by atoms with Gasteiger partial charge in [-0.25, -0.2) is 0 Å². The van der Waals surface area contributed by atoms with Crippen LogP contribution in [0.3, 0.4) is 0 Å². The zero-order valence-electron chi connectivity index (χ0n) is 11.3. The van der Waals surface area contributed by atoms with E-state index in [1.165, 1.54) is 37.0 Å². The van der Waals surface area contributed by atoms with E-state index in [9.17, 15) is 0 Å². The van der Waals surface area contributed by atoms with Gasteiger partial charge in [-0.2, -0.15) is 0 Å². The molecule has 0 heterocycles. The summed E-state index contributed by atoms with van der Waals surface area (Å²) in [4.78, 5) is 1.35. The van der Waals surface area contributed by atoms with E-state index >= 15 is 0 Å². The third kappa shape index (κ3) is 3.66. The molecule has 2 atom stereocenters. The second kappa shape index (κ2) is 7.05. The molecule has 1 aliphatic rings. The van der Waals surface area contributed by atoms with Crippen LogP contribution in [0.5, 0.6) is 5.75 Å². The summed E-state index contributed by atoms with van der Waals surface area (Å²) in [6.07, 6.45) is 6.75. The number of nitrogens with one attached hydrogen (secondary N) is 1. The minimum atomic E-state index is 0.652. The third-order valence-corrected chi connectivity index (χ3v) is 5.08. The molecule has 0 bridgehead atoms. The van der Waals surface area contributed by atoms with Crippen molar-refractivity contribution in [2.45, 2.75) is 48.3 Å². The van der Waals surface area contributed by atoms with Gasteiger partial charge in [0, 0.05) is 16.2 Å². The summed E-state index contributed by atoms with van der Waals surface area (Å²) in [6, 6.07) is 9.09. The van der Waals surface area contributed by atoms with Gasteiger partial charge in [-0.05, 0) is 44.2 Å². The van der Waals surface area contributed by atoms with Crippen molar-refractivity contribution >= 4 is 11.8 Å². The number of benzene rings is 1. The average molecular weight is 265 g/mol. The Morgan fingerprint density at radius 2 is 1.83 bits per heavy atom. The SMILES string of the molecule is CNC1CCCCCC1Sc1ccc(OC)cc1. The molecular formula is C15H23NOS. The van der Waals surface area contributed by atoms with Gasteiger partial charge in [-0.1, -0.05) is 19.3 Å². The second-order valence-electron chi connectivity index (χ2n) is 4.87. The molecule has 1 N–H and O–H groups in total. The fourth-order valence-electron chi connectivity index (χ4n) is 2.57. The summed E-state index contributed by atoms with van der Waals surface area (Å²) in [6.45, 7) is 0. The summed E-state index contributed by atoms with van der Waals surface area (Å²) >= 11 is 2.01. The molecule has 1 aromatic carbocycles. The highest BCUT2D eigenvalue weighted by Crippen LogP contribution is 2.33. The summed E-state index contributed by atoms with van der Waals surface area (Å²) in [5.74, 6) is 0.936. The molecule has 2 unspecified atom stereocenters. The predicted octanol–water partition coefficient (Wildman–Crippen LogP) is 3.71. The molecule has 0 aliphatic heterocycles. The summed E-state index contributed by atoms with van der Waals surface area (Å²) in [5.41, 5.74) is 0. The monoisotopic (exact) mass is 265 g/mol. The molecule has 0 radical (unpaired) electrons. The number of ether oxygens (including phenoxy) is 1. The summed E-state index contributed by atoms with van der Waals surface area (Å²) < 4.78 is 5.20. The number of hydrogen-bond donors (Lipinski definition) is 1. The van der Waals surface area contributed by atoms with Crippen LogP contribution in [-0.4, -0.2) is 25.4 Å². The predicted molar refractivity (Wildman–Crippen MR) is 78.6 cm³/mol. The van der Waals surface area contributed by atoms with Crippen LogP contribution in [0.15, 0.2) is 29.2 Å². The van der Waals surface area contributed by atoms with Crippen LogP contribution in [0.1, 0.15) is 32.1 Å². The Bertz CT molecular complexity index is 352. The van der Waals surface area contributed by atoms with Crippen LogP contribution in [0.25, 0.3) is 0 Å². The second-order valence-corrected chi connectivity index (χ2v) is 6.18. The Morgan fingerprint density at radius 3 is 2.50 bits per heavy atom. The highest BCUT2D eigenvalue weighted by Gasteiger charge is 2.23. The maximum absolute atomic E-state index is 5.20. The third-order valence-electron chi connectivity index (χ3n) is 3.67. The minimum absolute atomic E-state index is 0.652. The van der Waals surface area contributed by atoms with E-state index in [0.717, 1.165) is 5.75 Å². The van der Waals surface area contributed by atoms with Gasteiger partial charge in [-0.3, -0.25) is 0 Å². The molecule has 0 spiro atoms. The Hall–Kier alpha value is -0.670. The molecule has 3 heteroatoms. The molecule has 1 aliphatic carbocycles. The van der Waals surface area contributed by atoms with Crippen molar-refractivity contribution in [2.75, 3.05) is 14.2 Å². The van der Waals surface area contributed by atoms with Crippen molar-refractivity contribution in [3.05, 3.63) is 24.3 Å². The first-order chi connectivity index (χ1) is 8.83. The van der Waals surface area contributed by atoms with Crippen LogP contribution in [-0.2, 0) is 0 Å². The van der Waals surface area contributed by atoms with E-state index in [2.05, 4.69) is 24.5 Å². The quantitative estimate of drug-likeness (QED) is 0.839. The first-order valence-corrected chi connectivity index (χ1v) is 7.69. The maximum Gasteiger partial charge on any atom is 0.118 e. The first kappa shape index (κ1) is 13.8. The van der Waals surface area contributed by atoms with Crippen molar-refractivity contribution in [3.63, 3.8) is 0 Å². The molecule has 100 valence electrons. The van der Waals surface area contributed by atoms with E-state index in [0.29, 0.717) is 11.3 Å². The van der Waals surface area contributed by atoms with E-state index < -0.39 is 0 Å². The van der Waals surface area contributed by atoms with Crippen molar-refractivity contribution in [1.82, 2.24) is 5.32 Å². The number of hydrogen-bond acceptors (Lipinski definition) is 3. The van der Waals surface area contributed by atoms with Gasteiger partial charge in [0.05, 0.1) is 7.11 Å². The average Bonchev–Trinajstić information content (AvgIpc) is 2.64. The molecule has 1 saturated carbocycles. The lowest BCUT2D eigenvalue weighted by molar-refractivity contribution is 0.414. The number of rotatable bonds is 4. The zero-order valence-corrected chi connectivity index (χ0v) is 12.1. The lowest BCUT2D eigenvalue weighted by Crippen LogP contribution is -2.34. The van der Waals surface area contributed by atoms with Crippen molar-refractivity contribution in [1.29, 1.82) is 0 Å². The molecule has 2 rings (SSSR count). The molecule has 0 amide bonds. The van der Waals surface area contributed by atoms with Gasteiger partial charge < -0.3 is 10.1 Å². The molecule has 2 nitrogen and oxygen atoms in total. The van der Waals surface area contributed by atoms with E-state index in [4.69, 9.17) is 4.74 Å². The lowest BCUT2D eigenvalue weighted by Gasteiger charge is -2.24. The number of methoxy groups -OCH3 is 1. The topological polar surface area (TPSA) is 21.3 Å². The minimum Gasteiger partial charge on any atom is -0.497 e. The van der Waals surface area contributed by atoms with Gasteiger partial charge in [0.2, 0.25) is 0 Å². The Kier molecular flexibility index (Phi) is 5.39. The van der Waals surface area contributed by atoms with Gasteiger partial charge in [0.1, 0.15) is 5.75 Å². The molecule has 1 aromatic rings. The van der Waals surface area contributed by atoms with Crippen molar-refractivity contribution in [3.8, 4) is 5.75 Å². The first-order valence-electron chi connectivity index (χ1n) is 6.81. The fraction of sp³-hybridized carbons (Fsp3) is 0.600. The smallest absolute Gasteiger partial charge is 0.118 e. The Morgan fingerprint density at radius 1 is 1.11 bits per heavy atom. The van der Waals surface area contributed by atoms with Crippen LogP contribution in [0.4, 0.5) is 0 Å². The largest absolute Gasteiger partial charge is 0.497 e. The highest BCUT2D eigenvalue weighted by atomic mass is 32.2. The van der Waals surface area contributed by atoms with Gasteiger partial charge in [0.15, 0.2) is 0 Å². The zero-order chi connectivity index (χ0) is 12.8. The van der Waals surface area contributed by atoms with Gasteiger partial charge in [-0.15, -0.1) is 11.8 Å². The molecule has 18 heavy (non-hydrogen) atoms. The van der Waals surface area contributed by atoms with E-state index in [1.807, 2.05) is 23.9 Å². The molecule has 0 aromatic heterocycles. The van der Waals surface area contributed by atoms with Crippen molar-refractivity contribution < 1.29 is 4.74 Å². The summed E-state index contributed by atoms with van der Waals surface area (Å²) in [5, 5.41) is 4.19. The number of thioether (sulfide) groups is 1. The molecule has 1 fully saturated rings. The molecule has 0 saturated heterocycles. The standard InChI is InChI=1S/C15H23NOS/c1-16-14-6-4-3-5-7-15(14)18-13-10-8-12(17-2)9-11-13/h8-11,14-16H,3-7H2,1-2H3.